The van der Waals surface area contributed by atoms with Gasteiger partial charge in [-0.3, -0.25) is 0 Å². The molecule has 0 saturated carbocycles. The van der Waals surface area contributed by atoms with Crippen LogP contribution >= 0.6 is 15.9 Å². The molecular weight excluding hydrogens is 512 g/mol. The van der Waals surface area contributed by atoms with Crippen LogP contribution in [0.5, 0.6) is 0 Å². The molecular formula is C28H33BrO6. The Balaban J connectivity index is 1.58. The quantitative estimate of drug-likeness (QED) is 0.405. The van der Waals surface area contributed by atoms with Crippen LogP contribution in [0.2, 0.25) is 0 Å². The predicted octanol–water partition coefficient (Wildman–Crippen LogP) is 5.18. The summed E-state index contributed by atoms with van der Waals surface area (Å²) in [5, 5.41) is 0. The first-order chi connectivity index (χ1) is 16.8. The molecule has 0 amide bonds. The number of hydrogen-bond acceptors (Lipinski definition) is 6. The highest BCUT2D eigenvalue weighted by Crippen LogP contribution is 2.38. The number of rotatable bonds is 9. The van der Waals surface area contributed by atoms with Crippen molar-refractivity contribution in [3.63, 3.8) is 0 Å². The van der Waals surface area contributed by atoms with Gasteiger partial charge in [0, 0.05) is 15.9 Å². The molecule has 2 aromatic carbocycles. The molecule has 2 aromatic rings. The van der Waals surface area contributed by atoms with Gasteiger partial charge in [-0.2, -0.15) is 0 Å². The summed E-state index contributed by atoms with van der Waals surface area (Å²) in [5.41, 5.74) is 2.11. The van der Waals surface area contributed by atoms with Gasteiger partial charge in [0.2, 0.25) is 0 Å². The first-order valence-corrected chi connectivity index (χ1v) is 12.7. The molecule has 2 fully saturated rings. The molecule has 2 aliphatic rings. The summed E-state index contributed by atoms with van der Waals surface area (Å²) >= 11 is 3.24. The fourth-order valence-corrected chi connectivity index (χ4v) is 4.62. The molecule has 4 rings (SSSR count). The molecule has 0 bridgehead atoms. The molecule has 0 aromatic heterocycles. The first kappa shape index (κ1) is 26.3. The third-order valence-corrected chi connectivity index (χ3v) is 6.17. The molecule has 0 aliphatic carbocycles. The van der Waals surface area contributed by atoms with Crippen LogP contribution in [0.4, 0.5) is 0 Å². The lowest BCUT2D eigenvalue weighted by Gasteiger charge is -2.32. The van der Waals surface area contributed by atoms with E-state index in [4.69, 9.17) is 28.4 Å². The van der Waals surface area contributed by atoms with Crippen LogP contribution < -0.4 is 0 Å². The second-order valence-corrected chi connectivity index (χ2v) is 10.0. The standard InChI is InChI=1S/C28H33BrO6/c1-27(2)32-19-23(33-27)24(31-18-21-13-9-6-10-14-21)26-25(34-28(3,4)35-26)22(15-16-29)30-17-20-11-7-5-8-12-20/h5-14,22-26H,17-19H2,1-4H3/t22-,23+,24+,25+,26-/m0/s1. The Hall–Kier alpha value is -1.76. The minimum absolute atomic E-state index is 0.342. The highest BCUT2D eigenvalue weighted by atomic mass is 79.9. The summed E-state index contributed by atoms with van der Waals surface area (Å²) in [6.45, 7) is 8.76. The van der Waals surface area contributed by atoms with Crippen LogP contribution in [0, 0.1) is 10.8 Å². The van der Waals surface area contributed by atoms with E-state index in [2.05, 4.69) is 26.7 Å². The molecule has 7 heteroatoms. The lowest BCUT2D eigenvalue weighted by Crippen LogP contribution is -2.50. The molecule has 188 valence electrons. The summed E-state index contributed by atoms with van der Waals surface area (Å²) in [6, 6.07) is 20.0. The van der Waals surface area contributed by atoms with E-state index in [9.17, 15) is 0 Å². The SMILES string of the molecule is CC1(C)O[C@@H]([C@H](OCc2ccccc2)[C@H]2COC(C)(C)O2)[C@@H]([C@H](C#CBr)OCc2ccccc2)O1. The maximum atomic E-state index is 6.48. The van der Waals surface area contributed by atoms with Crippen molar-refractivity contribution in [2.75, 3.05) is 6.61 Å². The normalized spacial score (nSPS) is 26.6. The van der Waals surface area contributed by atoms with E-state index >= 15 is 0 Å². The molecule has 5 atom stereocenters. The Morgan fingerprint density at radius 1 is 0.829 bits per heavy atom. The Morgan fingerprint density at radius 3 is 1.94 bits per heavy atom. The van der Waals surface area contributed by atoms with Gasteiger partial charge in [0.25, 0.3) is 0 Å². The van der Waals surface area contributed by atoms with E-state index in [0.717, 1.165) is 11.1 Å². The van der Waals surface area contributed by atoms with Gasteiger partial charge in [-0.25, -0.2) is 0 Å². The van der Waals surface area contributed by atoms with E-state index in [0.29, 0.717) is 19.8 Å². The molecule has 0 unspecified atom stereocenters. The zero-order valence-electron chi connectivity index (χ0n) is 20.6. The van der Waals surface area contributed by atoms with Gasteiger partial charge in [-0.1, -0.05) is 66.6 Å². The van der Waals surface area contributed by atoms with Crippen molar-refractivity contribution in [3.8, 4) is 10.8 Å². The largest absolute Gasteiger partial charge is 0.368 e. The molecule has 2 heterocycles. The van der Waals surface area contributed by atoms with Crippen LogP contribution in [-0.4, -0.2) is 48.7 Å². The average molecular weight is 545 g/mol. The second kappa shape index (κ2) is 11.5. The van der Waals surface area contributed by atoms with Crippen LogP contribution in [0.25, 0.3) is 0 Å². The average Bonchev–Trinajstić information content (AvgIpc) is 3.36. The summed E-state index contributed by atoms with van der Waals surface area (Å²) in [7, 11) is 0. The van der Waals surface area contributed by atoms with Crippen molar-refractivity contribution in [2.24, 2.45) is 0 Å². The lowest BCUT2D eigenvalue weighted by atomic mass is 9.99. The smallest absolute Gasteiger partial charge is 0.164 e. The Labute approximate surface area is 216 Å². The molecule has 0 N–H and O–H groups in total. The van der Waals surface area contributed by atoms with Crippen LogP contribution in [-0.2, 0) is 41.6 Å². The highest BCUT2D eigenvalue weighted by Gasteiger charge is 2.53. The topological polar surface area (TPSA) is 55.4 Å². The van der Waals surface area contributed by atoms with Gasteiger partial charge in [0.1, 0.15) is 30.5 Å². The molecule has 6 nitrogen and oxygen atoms in total. The molecule has 0 radical (unpaired) electrons. The highest BCUT2D eigenvalue weighted by molar-refractivity contribution is 9.12. The second-order valence-electron chi connectivity index (χ2n) is 9.65. The van der Waals surface area contributed by atoms with Crippen LogP contribution in [0.3, 0.4) is 0 Å². The zero-order valence-corrected chi connectivity index (χ0v) is 22.2. The van der Waals surface area contributed by atoms with Gasteiger partial charge >= 0.3 is 0 Å². The summed E-state index contributed by atoms with van der Waals surface area (Å²) in [4.78, 5) is 2.81. The van der Waals surface area contributed by atoms with Gasteiger partial charge in [-0.05, 0) is 43.7 Å². The Kier molecular flexibility index (Phi) is 8.67. The minimum atomic E-state index is -0.846. The number of hydrogen-bond donors (Lipinski definition) is 0. The van der Waals surface area contributed by atoms with Crippen molar-refractivity contribution < 1.29 is 28.4 Å². The predicted molar refractivity (Wildman–Crippen MR) is 135 cm³/mol. The van der Waals surface area contributed by atoms with E-state index in [-0.39, 0.29) is 6.10 Å². The van der Waals surface area contributed by atoms with Crippen molar-refractivity contribution in [1.82, 2.24) is 0 Å². The summed E-state index contributed by atoms with van der Waals surface area (Å²) in [6.07, 6.45) is -2.37. The van der Waals surface area contributed by atoms with Gasteiger partial charge < -0.3 is 28.4 Å². The Morgan fingerprint density at radius 2 is 1.40 bits per heavy atom. The van der Waals surface area contributed by atoms with Crippen molar-refractivity contribution in [2.45, 2.75) is 83.0 Å². The maximum absolute atomic E-state index is 6.48. The third kappa shape index (κ3) is 7.14. The molecule has 35 heavy (non-hydrogen) atoms. The molecule has 0 spiro atoms. The monoisotopic (exact) mass is 544 g/mol. The fourth-order valence-electron chi connectivity index (χ4n) is 4.40. The number of benzene rings is 2. The zero-order chi connectivity index (χ0) is 24.9. The summed E-state index contributed by atoms with van der Waals surface area (Å²) < 4.78 is 37.6. The fraction of sp³-hybridized carbons (Fsp3) is 0.500. The van der Waals surface area contributed by atoms with Gasteiger partial charge in [-0.15, -0.1) is 0 Å². The number of halogens is 1. The lowest BCUT2D eigenvalue weighted by molar-refractivity contribution is -0.190. The van der Waals surface area contributed by atoms with E-state index in [1.54, 1.807) is 0 Å². The molecule has 2 saturated heterocycles. The van der Waals surface area contributed by atoms with E-state index in [1.807, 2.05) is 88.4 Å². The summed E-state index contributed by atoms with van der Waals surface area (Å²) in [5.74, 6) is 1.56. The van der Waals surface area contributed by atoms with E-state index in [1.165, 1.54) is 0 Å². The van der Waals surface area contributed by atoms with Gasteiger partial charge in [0.15, 0.2) is 11.6 Å². The number of ether oxygens (including phenoxy) is 6. The first-order valence-electron chi connectivity index (χ1n) is 11.9. The maximum Gasteiger partial charge on any atom is 0.164 e. The van der Waals surface area contributed by atoms with E-state index < -0.39 is 36.0 Å². The van der Waals surface area contributed by atoms with Crippen molar-refractivity contribution in [3.05, 3.63) is 71.8 Å². The van der Waals surface area contributed by atoms with Crippen molar-refractivity contribution in [1.29, 1.82) is 0 Å². The minimum Gasteiger partial charge on any atom is -0.368 e. The van der Waals surface area contributed by atoms with Crippen molar-refractivity contribution >= 4 is 15.9 Å². The van der Waals surface area contributed by atoms with Gasteiger partial charge in [0.05, 0.1) is 19.8 Å². The van der Waals surface area contributed by atoms with Crippen LogP contribution in [0.15, 0.2) is 60.7 Å². The Bertz CT molecular complexity index is 1000. The molecule has 2 aliphatic heterocycles. The third-order valence-electron chi connectivity index (χ3n) is 5.94. The van der Waals surface area contributed by atoms with Crippen LogP contribution in [0.1, 0.15) is 38.8 Å².